The van der Waals surface area contributed by atoms with Crippen LogP contribution in [0.2, 0.25) is 0 Å². The summed E-state index contributed by atoms with van der Waals surface area (Å²) in [4.78, 5) is 26.5. The number of carboxylic acids is 1. The van der Waals surface area contributed by atoms with Crippen molar-refractivity contribution < 1.29 is 23.1 Å². The Balaban J connectivity index is 1.65. The fraction of sp³-hybridized carbons (Fsp3) is 0.579. The molecule has 146 valence electrons. The summed E-state index contributed by atoms with van der Waals surface area (Å²) in [6.45, 7) is 2.17. The van der Waals surface area contributed by atoms with Crippen LogP contribution in [0.1, 0.15) is 48.0 Å². The molecule has 0 bridgehead atoms. The maximum absolute atomic E-state index is 13.2. The highest BCUT2D eigenvalue weighted by Crippen LogP contribution is 2.43. The zero-order valence-electron chi connectivity index (χ0n) is 15.2. The summed E-state index contributed by atoms with van der Waals surface area (Å²) in [5.41, 5.74) is 0.909. The normalized spacial score (nSPS) is 27.6. The molecule has 1 saturated heterocycles. The number of benzene rings is 1. The number of carbonyl (C=O) groups is 2. The molecule has 0 spiro atoms. The molecule has 3 unspecified atom stereocenters. The third kappa shape index (κ3) is 3.36. The Morgan fingerprint density at radius 2 is 1.93 bits per heavy atom. The lowest BCUT2D eigenvalue weighted by atomic mass is 9.94. The van der Waals surface area contributed by atoms with E-state index in [0.29, 0.717) is 12.1 Å². The molecule has 0 radical (unpaired) electrons. The average Bonchev–Trinajstić information content (AvgIpc) is 3.15. The number of hydrogen-bond donors (Lipinski definition) is 2. The van der Waals surface area contributed by atoms with Crippen molar-refractivity contribution in [3.63, 3.8) is 0 Å². The van der Waals surface area contributed by atoms with Crippen LogP contribution in [0.4, 0.5) is 0 Å². The zero-order chi connectivity index (χ0) is 19.3. The van der Waals surface area contributed by atoms with Crippen molar-refractivity contribution in [3.05, 3.63) is 29.3 Å². The fourth-order valence-corrected chi connectivity index (χ4v) is 5.80. The number of likely N-dealkylation sites (tertiary alicyclic amines) is 1. The Labute approximate surface area is 158 Å². The van der Waals surface area contributed by atoms with Gasteiger partial charge >= 0.3 is 5.97 Å². The minimum absolute atomic E-state index is 0.00444. The van der Waals surface area contributed by atoms with Gasteiger partial charge in [0.05, 0.1) is 4.90 Å². The lowest BCUT2D eigenvalue weighted by molar-refractivity contribution is -0.142. The number of rotatable bonds is 5. The lowest BCUT2D eigenvalue weighted by Gasteiger charge is -2.25. The summed E-state index contributed by atoms with van der Waals surface area (Å²) in [5, 5.41) is 9.69. The molecule has 1 aromatic carbocycles. The summed E-state index contributed by atoms with van der Waals surface area (Å²) in [5.74, 6) is -1.15. The van der Waals surface area contributed by atoms with Crippen LogP contribution < -0.4 is 4.72 Å². The SMILES string of the molecule is Cc1ccc(S(=O)(=O)NC2CC2)cc1C(=O)N1CC2CCCC2C1C(=O)O. The number of aliphatic carboxylic acids is 1. The van der Waals surface area contributed by atoms with Gasteiger partial charge in [0.15, 0.2) is 0 Å². The Kier molecular flexibility index (Phi) is 4.50. The Bertz CT molecular complexity index is 893. The molecule has 27 heavy (non-hydrogen) atoms. The minimum atomic E-state index is -3.68. The first-order valence-electron chi connectivity index (χ1n) is 9.44. The third-order valence-electron chi connectivity index (χ3n) is 6.05. The Hall–Kier alpha value is -1.93. The van der Waals surface area contributed by atoms with Crippen molar-refractivity contribution in [1.82, 2.24) is 9.62 Å². The second-order valence-electron chi connectivity index (χ2n) is 7.97. The van der Waals surface area contributed by atoms with Gasteiger partial charge in [-0.05, 0) is 62.1 Å². The summed E-state index contributed by atoms with van der Waals surface area (Å²) in [7, 11) is -3.68. The largest absolute Gasteiger partial charge is 0.480 e. The van der Waals surface area contributed by atoms with Gasteiger partial charge in [-0.1, -0.05) is 12.5 Å². The van der Waals surface area contributed by atoms with E-state index in [9.17, 15) is 23.1 Å². The molecule has 4 rings (SSSR count). The smallest absolute Gasteiger partial charge is 0.326 e. The van der Waals surface area contributed by atoms with Gasteiger partial charge in [0.25, 0.3) is 5.91 Å². The first-order chi connectivity index (χ1) is 12.8. The molecule has 1 aliphatic heterocycles. The molecule has 3 fully saturated rings. The fourth-order valence-electron chi connectivity index (χ4n) is 4.47. The van der Waals surface area contributed by atoms with E-state index in [4.69, 9.17) is 0 Å². The van der Waals surface area contributed by atoms with Crippen LogP contribution in [0.5, 0.6) is 0 Å². The van der Waals surface area contributed by atoms with Gasteiger partial charge in [-0.15, -0.1) is 0 Å². The monoisotopic (exact) mass is 392 g/mol. The van der Waals surface area contributed by atoms with Crippen LogP contribution in [0.25, 0.3) is 0 Å². The highest BCUT2D eigenvalue weighted by Gasteiger charge is 2.49. The van der Waals surface area contributed by atoms with E-state index in [1.54, 1.807) is 13.0 Å². The van der Waals surface area contributed by atoms with Gasteiger partial charge in [0, 0.05) is 18.2 Å². The number of carbonyl (C=O) groups excluding carboxylic acids is 1. The second kappa shape index (κ2) is 6.60. The van der Waals surface area contributed by atoms with Crippen molar-refractivity contribution in [2.45, 2.75) is 56.0 Å². The van der Waals surface area contributed by atoms with Crippen molar-refractivity contribution >= 4 is 21.9 Å². The van der Waals surface area contributed by atoms with Crippen molar-refractivity contribution in [2.75, 3.05) is 6.54 Å². The second-order valence-corrected chi connectivity index (χ2v) is 9.68. The third-order valence-corrected chi connectivity index (χ3v) is 7.57. The van der Waals surface area contributed by atoms with Gasteiger partial charge in [0.2, 0.25) is 10.0 Å². The number of nitrogens with one attached hydrogen (secondary N) is 1. The number of amides is 1. The number of aryl methyl sites for hydroxylation is 1. The molecule has 7 nitrogen and oxygen atoms in total. The molecule has 1 amide bonds. The van der Waals surface area contributed by atoms with Crippen molar-refractivity contribution in [1.29, 1.82) is 0 Å². The Morgan fingerprint density at radius 1 is 1.19 bits per heavy atom. The topological polar surface area (TPSA) is 104 Å². The molecule has 1 heterocycles. The molecule has 2 aliphatic carbocycles. The molecule has 3 aliphatic rings. The summed E-state index contributed by atoms with van der Waals surface area (Å²) in [6, 6.07) is 3.64. The molecule has 2 saturated carbocycles. The van der Waals surface area contributed by atoms with Crippen LogP contribution in [-0.4, -0.2) is 48.9 Å². The zero-order valence-corrected chi connectivity index (χ0v) is 16.0. The van der Waals surface area contributed by atoms with Crippen molar-refractivity contribution in [2.24, 2.45) is 11.8 Å². The highest BCUT2D eigenvalue weighted by molar-refractivity contribution is 7.89. The van der Waals surface area contributed by atoms with Crippen LogP contribution in [-0.2, 0) is 14.8 Å². The van der Waals surface area contributed by atoms with Crippen LogP contribution in [0.3, 0.4) is 0 Å². The van der Waals surface area contributed by atoms with Crippen LogP contribution in [0.15, 0.2) is 23.1 Å². The number of carboxylic acid groups (broad SMARTS) is 1. The van der Waals surface area contributed by atoms with E-state index in [1.807, 2.05) is 0 Å². The Morgan fingerprint density at radius 3 is 2.59 bits per heavy atom. The standard InChI is InChI=1S/C19H24N2O5S/c1-11-5-8-14(27(25,26)20-13-6-7-13)9-16(11)18(22)21-10-12-3-2-4-15(12)17(21)19(23)24/h5,8-9,12-13,15,17,20H,2-4,6-7,10H2,1H3,(H,23,24). The van der Waals surface area contributed by atoms with E-state index in [-0.39, 0.29) is 28.3 Å². The number of nitrogens with zero attached hydrogens (tertiary/aromatic N) is 1. The average molecular weight is 392 g/mol. The maximum atomic E-state index is 13.2. The summed E-state index contributed by atoms with van der Waals surface area (Å²) in [6.07, 6.45) is 4.42. The molecular formula is C19H24N2O5S. The molecular weight excluding hydrogens is 368 g/mol. The first kappa shape index (κ1) is 18.4. The van der Waals surface area contributed by atoms with Gasteiger partial charge in [0.1, 0.15) is 6.04 Å². The van der Waals surface area contributed by atoms with Crippen molar-refractivity contribution in [3.8, 4) is 0 Å². The maximum Gasteiger partial charge on any atom is 0.326 e. The van der Waals surface area contributed by atoms with Gasteiger partial charge in [-0.25, -0.2) is 17.9 Å². The van der Waals surface area contributed by atoms with Gasteiger partial charge in [-0.3, -0.25) is 4.79 Å². The molecule has 3 atom stereocenters. The summed E-state index contributed by atoms with van der Waals surface area (Å²) < 4.78 is 27.6. The molecule has 2 N–H and O–H groups in total. The first-order valence-corrected chi connectivity index (χ1v) is 10.9. The van der Waals surface area contributed by atoms with Crippen LogP contribution in [0, 0.1) is 18.8 Å². The van der Waals surface area contributed by atoms with Gasteiger partial charge in [-0.2, -0.15) is 0 Å². The number of hydrogen-bond acceptors (Lipinski definition) is 4. The number of fused-ring (bicyclic) bond motifs is 1. The summed E-state index contributed by atoms with van der Waals surface area (Å²) >= 11 is 0. The van der Waals surface area contributed by atoms with E-state index < -0.39 is 27.9 Å². The van der Waals surface area contributed by atoms with E-state index in [1.165, 1.54) is 17.0 Å². The van der Waals surface area contributed by atoms with Gasteiger partial charge < -0.3 is 10.0 Å². The quantitative estimate of drug-likeness (QED) is 0.795. The predicted molar refractivity (Wildman–Crippen MR) is 97.8 cm³/mol. The number of sulfonamides is 1. The van der Waals surface area contributed by atoms with Crippen LogP contribution >= 0.6 is 0 Å². The predicted octanol–water partition coefficient (Wildman–Crippen LogP) is 1.76. The highest BCUT2D eigenvalue weighted by atomic mass is 32.2. The van der Waals surface area contributed by atoms with E-state index in [0.717, 1.165) is 32.1 Å². The minimum Gasteiger partial charge on any atom is -0.480 e. The molecule has 8 heteroatoms. The lowest BCUT2D eigenvalue weighted by Crippen LogP contribution is -2.43. The molecule has 1 aromatic rings. The molecule has 0 aromatic heterocycles. The van der Waals surface area contributed by atoms with E-state index >= 15 is 0 Å². The van der Waals surface area contributed by atoms with E-state index in [2.05, 4.69) is 4.72 Å².